The molecule has 0 saturated carbocycles. The number of H-pyrrole nitrogens is 2. The molecule has 0 aliphatic rings. The molecule has 0 fully saturated rings. The lowest BCUT2D eigenvalue weighted by Gasteiger charge is -1.63. The van der Waals surface area contributed by atoms with Gasteiger partial charge in [-0.1, -0.05) is 0 Å². The van der Waals surface area contributed by atoms with Crippen molar-refractivity contribution in [3.63, 3.8) is 0 Å². The van der Waals surface area contributed by atoms with E-state index >= 15 is 0 Å². The molecule has 0 spiro atoms. The molecular weight excluding hydrogens is 110 g/mol. The van der Waals surface area contributed by atoms with Crippen molar-refractivity contribution in [3.8, 4) is 0 Å². The van der Waals surface area contributed by atoms with E-state index in [1.165, 1.54) is 6.20 Å². The van der Waals surface area contributed by atoms with Gasteiger partial charge < -0.3 is 5.10 Å². The minimum absolute atomic E-state index is 0.120. The van der Waals surface area contributed by atoms with Crippen LogP contribution in [0.15, 0.2) is 16.2 Å². The van der Waals surface area contributed by atoms with Gasteiger partial charge in [0.2, 0.25) is 0 Å². The number of rotatable bonds is 1. The summed E-state index contributed by atoms with van der Waals surface area (Å²) in [6.45, 7) is 0. The maximum Gasteiger partial charge on any atom is 0.293 e. The van der Waals surface area contributed by atoms with Crippen molar-refractivity contribution in [2.45, 2.75) is 0 Å². The van der Waals surface area contributed by atoms with Gasteiger partial charge >= 0.3 is 0 Å². The topological polar surface area (TPSA) is 78.1 Å². The molecule has 0 amide bonds. The zero-order valence-corrected chi connectivity index (χ0v) is 3.84. The summed E-state index contributed by atoms with van der Waals surface area (Å²) in [5.41, 5.74) is -0.606. The monoisotopic (exact) mass is 113 g/mol. The van der Waals surface area contributed by atoms with Crippen molar-refractivity contribution in [3.05, 3.63) is 21.5 Å². The number of hydrogen-bond donors (Lipinski definition) is 2. The van der Waals surface area contributed by atoms with Crippen LogP contribution in [0, 0.1) is 4.91 Å². The van der Waals surface area contributed by atoms with E-state index in [0.29, 0.717) is 0 Å². The first-order valence-electron chi connectivity index (χ1n) is 1.94. The van der Waals surface area contributed by atoms with Crippen molar-refractivity contribution < 1.29 is 0 Å². The molecule has 1 aromatic heterocycles. The first-order valence-corrected chi connectivity index (χ1v) is 1.94. The summed E-state index contributed by atoms with van der Waals surface area (Å²) in [7, 11) is 0. The van der Waals surface area contributed by atoms with Gasteiger partial charge in [-0.25, -0.2) is 0 Å². The Hall–Kier alpha value is -1.39. The Morgan fingerprint density at radius 2 is 2.38 bits per heavy atom. The second kappa shape index (κ2) is 1.61. The quantitative estimate of drug-likeness (QED) is 0.506. The summed E-state index contributed by atoms with van der Waals surface area (Å²) < 4.78 is 0. The lowest BCUT2D eigenvalue weighted by molar-refractivity contribution is 1.06. The molecule has 0 aromatic carbocycles. The highest BCUT2D eigenvalue weighted by atomic mass is 16.3. The normalized spacial score (nSPS) is 9.00. The molecule has 0 bridgehead atoms. The molecule has 1 heterocycles. The fourth-order valence-corrected chi connectivity index (χ4v) is 0.367. The van der Waals surface area contributed by atoms with E-state index in [4.69, 9.17) is 0 Å². The highest BCUT2D eigenvalue weighted by Crippen LogP contribution is 1.95. The van der Waals surface area contributed by atoms with Crippen molar-refractivity contribution in [1.29, 1.82) is 0 Å². The van der Waals surface area contributed by atoms with Gasteiger partial charge in [0.05, 0.1) is 6.20 Å². The van der Waals surface area contributed by atoms with Crippen LogP contribution in [-0.4, -0.2) is 10.2 Å². The van der Waals surface area contributed by atoms with E-state index in [-0.39, 0.29) is 5.69 Å². The zero-order valence-electron chi connectivity index (χ0n) is 3.84. The molecule has 1 aromatic rings. The number of aromatic amines is 2. The summed E-state index contributed by atoms with van der Waals surface area (Å²) in [4.78, 5) is 19.9. The maximum absolute atomic E-state index is 10.3. The van der Waals surface area contributed by atoms with E-state index in [1.807, 2.05) is 0 Å². The van der Waals surface area contributed by atoms with Crippen LogP contribution < -0.4 is 5.56 Å². The number of nitrogens with zero attached hydrogens (tertiary/aromatic N) is 1. The molecule has 0 radical (unpaired) electrons. The van der Waals surface area contributed by atoms with Gasteiger partial charge in [0.15, 0.2) is 5.69 Å². The van der Waals surface area contributed by atoms with Crippen molar-refractivity contribution in [2.75, 3.05) is 0 Å². The SMILES string of the molecule is O=Nc1c[nH][nH]c1=O. The third-order valence-corrected chi connectivity index (χ3v) is 0.726. The maximum atomic E-state index is 10.3. The Balaban J connectivity index is 3.30. The van der Waals surface area contributed by atoms with Crippen LogP contribution in [0.2, 0.25) is 0 Å². The van der Waals surface area contributed by atoms with Crippen LogP contribution in [0.1, 0.15) is 0 Å². The van der Waals surface area contributed by atoms with Gasteiger partial charge in [-0.2, -0.15) is 0 Å². The molecule has 5 nitrogen and oxygen atoms in total. The number of hydrogen-bond acceptors (Lipinski definition) is 3. The van der Waals surface area contributed by atoms with Crippen molar-refractivity contribution in [1.82, 2.24) is 10.2 Å². The molecule has 0 aliphatic heterocycles. The predicted octanol–water partition coefficient (Wildman–Crippen LogP) is 0.101. The Morgan fingerprint density at radius 1 is 1.62 bits per heavy atom. The Morgan fingerprint density at radius 3 is 2.62 bits per heavy atom. The Bertz CT molecular complexity index is 235. The molecule has 0 aliphatic carbocycles. The average Bonchev–Trinajstić information content (AvgIpc) is 2.14. The third-order valence-electron chi connectivity index (χ3n) is 0.726. The van der Waals surface area contributed by atoms with Gasteiger partial charge in [-0.3, -0.25) is 9.89 Å². The lowest BCUT2D eigenvalue weighted by Crippen LogP contribution is -1.96. The Labute approximate surface area is 43.7 Å². The van der Waals surface area contributed by atoms with E-state index in [9.17, 15) is 9.70 Å². The molecule has 8 heavy (non-hydrogen) atoms. The second-order valence-electron chi connectivity index (χ2n) is 1.22. The lowest BCUT2D eigenvalue weighted by atomic mass is 10.6. The van der Waals surface area contributed by atoms with Crippen LogP contribution in [0.5, 0.6) is 0 Å². The molecule has 42 valence electrons. The van der Waals surface area contributed by atoms with E-state index in [0.717, 1.165) is 0 Å². The predicted molar refractivity (Wildman–Crippen MR) is 26.9 cm³/mol. The van der Waals surface area contributed by atoms with Crippen LogP contribution >= 0.6 is 0 Å². The average molecular weight is 113 g/mol. The zero-order chi connectivity index (χ0) is 5.98. The molecule has 2 N–H and O–H groups in total. The van der Waals surface area contributed by atoms with Crippen LogP contribution in [0.3, 0.4) is 0 Å². The summed E-state index contributed by atoms with van der Waals surface area (Å²) in [5.74, 6) is 0. The van der Waals surface area contributed by atoms with Gasteiger partial charge in [-0.15, -0.1) is 4.91 Å². The van der Waals surface area contributed by atoms with Gasteiger partial charge in [0.25, 0.3) is 5.56 Å². The molecule has 5 heteroatoms. The smallest absolute Gasteiger partial charge is 0.293 e. The summed E-state index contributed by atoms with van der Waals surface area (Å²) in [6.07, 6.45) is 1.20. The minimum atomic E-state index is -0.486. The Kier molecular flexibility index (Phi) is 0.957. The summed E-state index contributed by atoms with van der Waals surface area (Å²) in [5, 5.41) is 6.87. The largest absolute Gasteiger partial charge is 0.303 e. The van der Waals surface area contributed by atoms with Gasteiger partial charge in [0.1, 0.15) is 0 Å². The molecule has 0 unspecified atom stereocenters. The van der Waals surface area contributed by atoms with Gasteiger partial charge in [0, 0.05) is 0 Å². The fourth-order valence-electron chi connectivity index (χ4n) is 0.367. The number of nitrogens with one attached hydrogen (secondary N) is 2. The highest BCUT2D eigenvalue weighted by molar-refractivity contribution is 5.28. The number of nitroso groups, excluding NO2 is 1. The van der Waals surface area contributed by atoms with E-state index < -0.39 is 5.56 Å². The highest BCUT2D eigenvalue weighted by Gasteiger charge is 1.94. The van der Waals surface area contributed by atoms with Crippen molar-refractivity contribution >= 4 is 5.69 Å². The molecule has 0 saturated heterocycles. The fraction of sp³-hybridized carbons (Fsp3) is 0. The first-order chi connectivity index (χ1) is 3.84. The van der Waals surface area contributed by atoms with Crippen LogP contribution in [0.25, 0.3) is 0 Å². The number of aromatic nitrogens is 2. The van der Waals surface area contributed by atoms with Crippen LogP contribution in [-0.2, 0) is 0 Å². The molecular formula is C3H3N3O2. The van der Waals surface area contributed by atoms with Crippen LogP contribution in [0.4, 0.5) is 5.69 Å². The minimum Gasteiger partial charge on any atom is -0.303 e. The molecule has 1 rings (SSSR count). The van der Waals surface area contributed by atoms with Crippen molar-refractivity contribution in [2.24, 2.45) is 5.18 Å². The van der Waals surface area contributed by atoms with Gasteiger partial charge in [-0.05, 0) is 5.18 Å². The summed E-state index contributed by atoms with van der Waals surface area (Å²) in [6, 6.07) is 0. The third kappa shape index (κ3) is 0.534. The second-order valence-corrected chi connectivity index (χ2v) is 1.22. The first kappa shape index (κ1) is 4.76. The molecule has 0 atom stereocenters. The summed E-state index contributed by atoms with van der Waals surface area (Å²) >= 11 is 0. The van der Waals surface area contributed by atoms with E-state index in [1.54, 1.807) is 0 Å². The van der Waals surface area contributed by atoms with E-state index in [2.05, 4.69) is 15.4 Å². The standard InChI is InChI=1S/C3H3N3O2/c7-3-2(6-8)1-4-5-3/h1H,(H2,4,5,7).